The third-order valence-corrected chi connectivity index (χ3v) is 8.00. The molecule has 0 atom stereocenters. The normalized spacial score (nSPS) is 13.9. The van der Waals surface area contributed by atoms with Crippen LogP contribution in [0.4, 0.5) is 5.69 Å². The van der Waals surface area contributed by atoms with Crippen LogP contribution in [0.5, 0.6) is 0 Å². The third kappa shape index (κ3) is 4.31. The fourth-order valence-electron chi connectivity index (χ4n) is 3.15. The molecule has 4 aromatic heterocycles. The van der Waals surface area contributed by atoms with Gasteiger partial charge in [0, 0.05) is 18.6 Å². The maximum Gasteiger partial charge on any atom is 0.280 e. The predicted octanol–water partition coefficient (Wildman–Crippen LogP) is 3.34. The molecule has 4 aromatic rings. The average Bonchev–Trinajstić information content (AvgIpc) is 3.39. The topological polar surface area (TPSA) is 118 Å². The molecular formula is C20H17ClN6O3S2. The molecule has 1 saturated carbocycles. The summed E-state index contributed by atoms with van der Waals surface area (Å²) in [5, 5.41) is 3.32. The zero-order valence-corrected chi connectivity index (χ0v) is 18.9. The minimum absolute atomic E-state index is 0.137. The van der Waals surface area contributed by atoms with E-state index in [4.69, 9.17) is 11.6 Å². The largest absolute Gasteiger partial charge is 0.344 e. The Bertz CT molecular complexity index is 1430. The minimum Gasteiger partial charge on any atom is -0.344 e. The van der Waals surface area contributed by atoms with Crippen LogP contribution in [0.1, 0.15) is 28.3 Å². The van der Waals surface area contributed by atoms with Crippen LogP contribution < -0.4 is 10.0 Å². The summed E-state index contributed by atoms with van der Waals surface area (Å²) in [4.78, 5) is 26.1. The van der Waals surface area contributed by atoms with Crippen LogP contribution >= 0.6 is 22.9 Å². The number of carbonyl (C=O) groups is 1. The first-order chi connectivity index (χ1) is 15.4. The summed E-state index contributed by atoms with van der Waals surface area (Å²) in [5.74, 6) is -0.348. The molecule has 0 unspecified atom stereocenters. The van der Waals surface area contributed by atoms with Gasteiger partial charge in [0.05, 0.1) is 45.0 Å². The van der Waals surface area contributed by atoms with Gasteiger partial charge in [-0.1, -0.05) is 11.6 Å². The second kappa shape index (κ2) is 8.15. The SMILES string of the molecule is O=C(NCc1cc(NS(=O)(=O)C2CC2)ccn1)c1ncc(-c2cnc3ccc(Cl)cn23)s1. The zero-order chi connectivity index (χ0) is 22.3. The van der Waals surface area contributed by atoms with Gasteiger partial charge in [0.1, 0.15) is 5.65 Å². The van der Waals surface area contributed by atoms with Gasteiger partial charge in [-0.3, -0.25) is 18.9 Å². The predicted molar refractivity (Wildman–Crippen MR) is 122 cm³/mol. The molecule has 1 amide bonds. The fourth-order valence-corrected chi connectivity index (χ4v) is 5.52. The number of rotatable bonds is 7. The van der Waals surface area contributed by atoms with Crippen molar-refractivity contribution in [2.24, 2.45) is 0 Å². The number of hydrogen-bond donors (Lipinski definition) is 2. The molecule has 9 nitrogen and oxygen atoms in total. The lowest BCUT2D eigenvalue weighted by molar-refractivity contribution is 0.0950. The van der Waals surface area contributed by atoms with E-state index in [1.165, 1.54) is 17.5 Å². The van der Waals surface area contributed by atoms with Crippen molar-refractivity contribution in [1.29, 1.82) is 0 Å². The van der Waals surface area contributed by atoms with Crippen LogP contribution in [0.2, 0.25) is 5.02 Å². The molecule has 1 aliphatic carbocycles. The number of aromatic nitrogens is 4. The van der Waals surface area contributed by atoms with E-state index in [2.05, 4.69) is 25.0 Å². The highest BCUT2D eigenvalue weighted by atomic mass is 35.5. The Labute approximate surface area is 192 Å². The van der Waals surface area contributed by atoms with E-state index in [1.54, 1.807) is 36.8 Å². The first-order valence-electron chi connectivity index (χ1n) is 9.73. The van der Waals surface area contributed by atoms with Gasteiger partial charge < -0.3 is 5.32 Å². The van der Waals surface area contributed by atoms with Crippen molar-refractivity contribution >= 4 is 50.2 Å². The lowest BCUT2D eigenvalue weighted by Crippen LogP contribution is -2.23. The molecule has 0 spiro atoms. The van der Waals surface area contributed by atoms with E-state index in [9.17, 15) is 13.2 Å². The minimum atomic E-state index is -3.36. The highest BCUT2D eigenvalue weighted by Gasteiger charge is 2.35. The lowest BCUT2D eigenvalue weighted by atomic mass is 10.3. The first kappa shape index (κ1) is 20.9. The number of halogens is 1. The van der Waals surface area contributed by atoms with Gasteiger partial charge in [0.25, 0.3) is 5.91 Å². The first-order valence-corrected chi connectivity index (χ1v) is 12.5. The van der Waals surface area contributed by atoms with E-state index in [1.807, 2.05) is 10.5 Å². The Morgan fingerprint density at radius 2 is 2.03 bits per heavy atom. The standard InChI is InChI=1S/C20H17ClN6O3S2/c21-12-1-4-18-23-9-16(27(18)11-12)17-10-25-20(31-17)19(28)24-8-14-7-13(5-6-22-14)26-32(29,30)15-2-3-15/h1,4-7,9-11,15H,2-3,8H2,(H,22,26)(H,24,28). The quantitative estimate of drug-likeness (QED) is 0.412. The fraction of sp³-hybridized carbons (Fsp3) is 0.200. The number of imidazole rings is 1. The summed E-state index contributed by atoms with van der Waals surface area (Å²) in [5.41, 5.74) is 2.49. The van der Waals surface area contributed by atoms with Crippen molar-refractivity contribution < 1.29 is 13.2 Å². The van der Waals surface area contributed by atoms with Crippen molar-refractivity contribution in [2.75, 3.05) is 4.72 Å². The molecule has 1 aliphatic rings. The summed E-state index contributed by atoms with van der Waals surface area (Å²) < 4.78 is 28.6. The Morgan fingerprint density at radius 1 is 1.19 bits per heavy atom. The molecule has 1 fully saturated rings. The molecule has 0 bridgehead atoms. The van der Waals surface area contributed by atoms with E-state index in [-0.39, 0.29) is 17.7 Å². The Morgan fingerprint density at radius 3 is 2.84 bits per heavy atom. The Balaban J connectivity index is 1.27. The van der Waals surface area contributed by atoms with Gasteiger partial charge >= 0.3 is 0 Å². The van der Waals surface area contributed by atoms with Gasteiger partial charge in [-0.2, -0.15) is 0 Å². The van der Waals surface area contributed by atoms with Crippen molar-refractivity contribution in [2.45, 2.75) is 24.6 Å². The third-order valence-electron chi connectivity index (χ3n) is 4.89. The van der Waals surface area contributed by atoms with E-state index in [0.717, 1.165) is 16.2 Å². The van der Waals surface area contributed by atoms with Crippen LogP contribution in [0.25, 0.3) is 16.2 Å². The van der Waals surface area contributed by atoms with E-state index >= 15 is 0 Å². The van der Waals surface area contributed by atoms with Gasteiger partial charge in [-0.05, 0) is 37.1 Å². The number of carbonyl (C=O) groups excluding carboxylic acids is 1. The molecule has 4 heterocycles. The van der Waals surface area contributed by atoms with Crippen LogP contribution in [0.15, 0.2) is 49.1 Å². The number of hydrogen-bond acceptors (Lipinski definition) is 7. The number of nitrogens with one attached hydrogen (secondary N) is 2. The van der Waals surface area contributed by atoms with Crippen molar-refractivity contribution in [1.82, 2.24) is 24.7 Å². The Kier molecular flexibility index (Phi) is 5.31. The summed E-state index contributed by atoms with van der Waals surface area (Å²) in [6, 6.07) is 6.77. The smallest absolute Gasteiger partial charge is 0.280 e. The maximum atomic E-state index is 12.6. The molecule has 2 N–H and O–H groups in total. The molecular weight excluding hydrogens is 472 g/mol. The van der Waals surface area contributed by atoms with Crippen LogP contribution in [0.3, 0.4) is 0 Å². The monoisotopic (exact) mass is 488 g/mol. The average molecular weight is 489 g/mol. The molecule has 0 radical (unpaired) electrons. The van der Waals surface area contributed by atoms with Crippen LogP contribution in [-0.2, 0) is 16.6 Å². The number of nitrogens with zero attached hydrogens (tertiary/aromatic N) is 4. The zero-order valence-electron chi connectivity index (χ0n) is 16.5. The molecule has 32 heavy (non-hydrogen) atoms. The number of fused-ring (bicyclic) bond motifs is 1. The number of pyridine rings is 2. The van der Waals surface area contributed by atoms with Gasteiger partial charge in [0.15, 0.2) is 5.01 Å². The number of anilines is 1. The second-order valence-corrected chi connectivity index (χ2v) is 10.7. The van der Waals surface area contributed by atoms with Gasteiger partial charge in [-0.25, -0.2) is 18.4 Å². The van der Waals surface area contributed by atoms with Crippen molar-refractivity contribution in [3.63, 3.8) is 0 Å². The summed E-state index contributed by atoms with van der Waals surface area (Å²) in [7, 11) is -3.36. The van der Waals surface area contributed by atoms with Crippen LogP contribution in [-0.4, -0.2) is 38.9 Å². The summed E-state index contributed by atoms with van der Waals surface area (Å²) in [6.45, 7) is 0.137. The lowest BCUT2D eigenvalue weighted by Gasteiger charge is -2.08. The van der Waals surface area contributed by atoms with Crippen molar-refractivity contribution in [3.05, 3.63) is 64.8 Å². The molecule has 5 rings (SSSR count). The number of sulfonamides is 1. The van der Waals surface area contributed by atoms with Crippen LogP contribution in [0, 0.1) is 0 Å². The molecule has 164 valence electrons. The molecule has 0 aliphatic heterocycles. The van der Waals surface area contributed by atoms with Gasteiger partial charge in [0.2, 0.25) is 10.0 Å². The number of amides is 1. The number of thiazole rings is 1. The summed E-state index contributed by atoms with van der Waals surface area (Å²) in [6.07, 6.45) is 7.95. The maximum absolute atomic E-state index is 12.6. The van der Waals surface area contributed by atoms with E-state index in [0.29, 0.717) is 34.3 Å². The highest BCUT2D eigenvalue weighted by molar-refractivity contribution is 7.93. The van der Waals surface area contributed by atoms with E-state index < -0.39 is 10.0 Å². The second-order valence-electron chi connectivity index (χ2n) is 7.31. The molecule has 12 heteroatoms. The van der Waals surface area contributed by atoms with Crippen molar-refractivity contribution in [3.8, 4) is 10.6 Å². The Hall–Kier alpha value is -3.02. The molecule has 0 saturated heterocycles. The highest BCUT2D eigenvalue weighted by Crippen LogP contribution is 2.30. The summed E-state index contributed by atoms with van der Waals surface area (Å²) >= 11 is 7.32. The van der Waals surface area contributed by atoms with Gasteiger partial charge in [-0.15, -0.1) is 11.3 Å². The molecule has 0 aromatic carbocycles.